The smallest absolute Gasteiger partial charge is 0.258 e. The van der Waals surface area contributed by atoms with Crippen LogP contribution in [0.5, 0.6) is 5.75 Å². The van der Waals surface area contributed by atoms with Gasteiger partial charge in [-0.2, -0.15) is 0 Å². The van der Waals surface area contributed by atoms with E-state index >= 15 is 0 Å². The van der Waals surface area contributed by atoms with E-state index < -0.39 is 9.84 Å². The number of ether oxygens (including phenoxy) is 1. The van der Waals surface area contributed by atoms with Gasteiger partial charge in [-0.05, 0) is 72.5 Å². The lowest BCUT2D eigenvalue weighted by Crippen LogP contribution is -2.19. The zero-order valence-electron chi connectivity index (χ0n) is 20.0. The molecule has 34 heavy (non-hydrogen) atoms. The minimum absolute atomic E-state index is 0.134. The number of aromatic nitrogens is 1. The molecular weight excluding hydrogens is 450 g/mol. The maximum atomic E-state index is 13.0. The van der Waals surface area contributed by atoms with Crippen molar-refractivity contribution in [3.8, 4) is 16.9 Å². The van der Waals surface area contributed by atoms with E-state index in [-0.39, 0.29) is 16.5 Å². The summed E-state index contributed by atoms with van der Waals surface area (Å²) in [5.41, 5.74) is 9.21. The third-order valence-electron chi connectivity index (χ3n) is 6.15. The molecule has 1 atom stereocenters. The van der Waals surface area contributed by atoms with Crippen molar-refractivity contribution in [3.63, 3.8) is 0 Å². The summed E-state index contributed by atoms with van der Waals surface area (Å²) in [6.45, 7) is 2.48. The van der Waals surface area contributed by atoms with Crippen molar-refractivity contribution in [2.45, 2.75) is 30.7 Å². The first-order valence-electron chi connectivity index (χ1n) is 11.3. The molecule has 4 rings (SSSR count). The van der Waals surface area contributed by atoms with E-state index in [4.69, 9.17) is 10.5 Å². The van der Waals surface area contributed by atoms with E-state index in [1.165, 1.54) is 10.8 Å². The minimum Gasteiger partial charge on any atom is -0.493 e. The summed E-state index contributed by atoms with van der Waals surface area (Å²) in [7, 11) is 0.0646. The highest BCUT2D eigenvalue weighted by atomic mass is 32.2. The van der Waals surface area contributed by atoms with Crippen LogP contribution in [-0.4, -0.2) is 38.9 Å². The van der Waals surface area contributed by atoms with Crippen LogP contribution >= 0.6 is 0 Å². The number of sulfone groups is 1. The van der Waals surface area contributed by atoms with Gasteiger partial charge in [-0.1, -0.05) is 6.07 Å². The number of nitrogens with two attached hydrogens (primary N) is 1. The zero-order chi connectivity index (χ0) is 24.6. The van der Waals surface area contributed by atoms with Crippen molar-refractivity contribution in [1.82, 2.24) is 9.88 Å². The summed E-state index contributed by atoms with van der Waals surface area (Å²) in [6, 6.07) is 10.3. The Hall–Kier alpha value is -3.10. The first-order valence-corrected chi connectivity index (χ1v) is 13.2. The molecule has 3 aromatic rings. The van der Waals surface area contributed by atoms with E-state index in [9.17, 15) is 13.2 Å². The fourth-order valence-electron chi connectivity index (χ4n) is 4.06. The normalized spacial score (nSPS) is 15.4. The van der Waals surface area contributed by atoms with E-state index in [0.29, 0.717) is 34.6 Å². The van der Waals surface area contributed by atoms with Crippen molar-refractivity contribution >= 4 is 26.2 Å². The van der Waals surface area contributed by atoms with Crippen molar-refractivity contribution < 1.29 is 13.2 Å². The fraction of sp³-hybridized carbons (Fsp3) is 0.346. The molecule has 2 aromatic carbocycles. The van der Waals surface area contributed by atoms with Crippen LogP contribution in [0.25, 0.3) is 27.5 Å². The number of nitrogens with one attached hydrogen (secondary N) is 1. The van der Waals surface area contributed by atoms with Crippen LogP contribution in [-0.2, 0) is 16.9 Å². The lowest BCUT2D eigenvalue weighted by molar-refractivity contribution is 0.301. The predicted octanol–water partition coefficient (Wildman–Crippen LogP) is 3.31. The van der Waals surface area contributed by atoms with Crippen LogP contribution in [0.15, 0.2) is 58.5 Å². The molecule has 1 heterocycles. The monoisotopic (exact) mass is 481 g/mol. The Kier molecular flexibility index (Phi) is 6.55. The molecule has 0 radical (unpaired) electrons. The molecule has 0 unspecified atom stereocenters. The number of benzene rings is 2. The number of pyridine rings is 1. The van der Waals surface area contributed by atoms with Gasteiger partial charge in [0.1, 0.15) is 5.75 Å². The number of hydrogen-bond donors (Lipinski definition) is 2. The molecule has 180 valence electrons. The van der Waals surface area contributed by atoms with Gasteiger partial charge in [0.15, 0.2) is 9.84 Å². The summed E-state index contributed by atoms with van der Waals surface area (Å²) in [6.07, 6.45) is 7.06. The minimum atomic E-state index is -3.44. The molecule has 8 heteroatoms. The van der Waals surface area contributed by atoms with Crippen molar-refractivity contribution in [1.29, 1.82) is 0 Å². The Labute approximate surface area is 200 Å². The maximum absolute atomic E-state index is 13.0. The van der Waals surface area contributed by atoms with Gasteiger partial charge < -0.3 is 20.4 Å². The molecule has 0 spiro atoms. The van der Waals surface area contributed by atoms with E-state index in [1.807, 2.05) is 32.3 Å². The van der Waals surface area contributed by atoms with Crippen LogP contribution in [0.3, 0.4) is 0 Å². The van der Waals surface area contributed by atoms with E-state index in [2.05, 4.69) is 5.32 Å². The topological polar surface area (TPSA) is 103 Å². The van der Waals surface area contributed by atoms with Crippen LogP contribution in [0.1, 0.15) is 25.3 Å². The van der Waals surface area contributed by atoms with Gasteiger partial charge >= 0.3 is 0 Å². The van der Waals surface area contributed by atoms with Crippen LogP contribution in [0.4, 0.5) is 0 Å². The second-order valence-electron chi connectivity index (χ2n) is 9.08. The lowest BCUT2D eigenvalue weighted by Gasteiger charge is -2.17. The molecule has 3 N–H and O–H groups in total. The fourth-order valence-corrected chi connectivity index (χ4v) is 4.71. The Balaban J connectivity index is 2.00. The standard InChI is InChI=1S/C26H31N3O4S/c1-16(27)23(13-28-2)18-7-9-20-21(11-18)24(14-29(3)26(20)30)22-12-19(34(4,31)32)8-10-25(22)33-15-17-5-6-17/h7-14,16-17,28H,5-6,15,27H2,1-4H3/b23-13+/t16-/m1/s1. The van der Waals surface area contributed by atoms with Crippen molar-refractivity contribution in [3.05, 3.63) is 64.7 Å². The number of fused-ring (bicyclic) bond motifs is 1. The quantitative estimate of drug-likeness (QED) is 0.512. The third-order valence-corrected chi connectivity index (χ3v) is 7.26. The number of aryl methyl sites for hydroxylation is 1. The Bertz CT molecular complexity index is 1430. The van der Waals surface area contributed by atoms with Gasteiger partial charge in [0.05, 0.1) is 11.5 Å². The molecule has 0 aliphatic heterocycles. The molecule has 1 aliphatic rings. The maximum Gasteiger partial charge on any atom is 0.258 e. The van der Waals surface area contributed by atoms with Gasteiger partial charge in [0.2, 0.25) is 0 Å². The van der Waals surface area contributed by atoms with Crippen molar-refractivity contribution in [2.75, 3.05) is 19.9 Å². The first kappa shape index (κ1) is 24.0. The Morgan fingerprint density at radius 1 is 1.21 bits per heavy atom. The SMILES string of the molecule is CN/C=C(/c1ccc2c(=O)n(C)cc(-c3cc(S(C)(=O)=O)ccc3OCC3CC3)c2c1)[C@@H](C)N. The van der Waals surface area contributed by atoms with E-state index in [0.717, 1.165) is 29.5 Å². The second kappa shape index (κ2) is 9.27. The summed E-state index contributed by atoms with van der Waals surface area (Å²) in [5, 5.41) is 4.28. The summed E-state index contributed by atoms with van der Waals surface area (Å²) in [4.78, 5) is 13.2. The first-order chi connectivity index (χ1) is 16.1. The van der Waals surface area contributed by atoms with Gasteiger partial charge in [0, 0.05) is 55.3 Å². The molecule has 1 saturated carbocycles. The highest BCUT2D eigenvalue weighted by molar-refractivity contribution is 7.90. The lowest BCUT2D eigenvalue weighted by atomic mass is 9.94. The van der Waals surface area contributed by atoms with Gasteiger partial charge in [-0.3, -0.25) is 4.79 Å². The molecule has 0 amide bonds. The Morgan fingerprint density at radius 2 is 1.94 bits per heavy atom. The Morgan fingerprint density at radius 3 is 2.56 bits per heavy atom. The molecule has 1 fully saturated rings. The van der Waals surface area contributed by atoms with Gasteiger partial charge in [-0.15, -0.1) is 0 Å². The van der Waals surface area contributed by atoms with Crippen molar-refractivity contribution in [2.24, 2.45) is 18.7 Å². The highest BCUT2D eigenvalue weighted by Gasteiger charge is 2.24. The molecule has 1 aliphatic carbocycles. The summed E-state index contributed by atoms with van der Waals surface area (Å²) < 4.78 is 32.4. The summed E-state index contributed by atoms with van der Waals surface area (Å²) >= 11 is 0. The number of nitrogens with zero attached hydrogens (tertiary/aromatic N) is 1. The van der Waals surface area contributed by atoms with Crippen LogP contribution in [0.2, 0.25) is 0 Å². The number of rotatable bonds is 8. The predicted molar refractivity (Wildman–Crippen MR) is 137 cm³/mol. The molecular formula is C26H31N3O4S. The second-order valence-corrected chi connectivity index (χ2v) is 11.1. The van der Waals surface area contributed by atoms with E-state index in [1.54, 1.807) is 37.5 Å². The van der Waals surface area contributed by atoms with Crippen LogP contribution < -0.4 is 21.3 Å². The average Bonchev–Trinajstić information content (AvgIpc) is 3.62. The zero-order valence-corrected chi connectivity index (χ0v) is 20.8. The molecule has 0 saturated heterocycles. The van der Waals surface area contributed by atoms with Crippen LogP contribution in [0, 0.1) is 5.92 Å². The van der Waals surface area contributed by atoms with Gasteiger partial charge in [0.25, 0.3) is 5.56 Å². The number of hydrogen-bond acceptors (Lipinski definition) is 6. The molecule has 1 aromatic heterocycles. The highest BCUT2D eigenvalue weighted by Crippen LogP contribution is 2.38. The van der Waals surface area contributed by atoms with Gasteiger partial charge in [-0.25, -0.2) is 8.42 Å². The largest absolute Gasteiger partial charge is 0.493 e. The summed E-state index contributed by atoms with van der Waals surface area (Å²) in [5.74, 6) is 1.13. The average molecular weight is 482 g/mol. The third kappa shape index (κ3) is 4.88. The molecule has 7 nitrogen and oxygen atoms in total. The molecule has 0 bridgehead atoms.